The standard InChI is InChI=1S/C25H31NO5/c1-3-31-22-16-17(11-12-20(22)27)23-19-9-6-7-13-25(19,29)14-15-26(23)24(28)18-8-4-5-10-21(18)30-2/h4-5,8,10-12,16,19,23,27,29H,3,6-7,9,13-15H2,1-2H3/t19-,23-,25-/m0/s1. The lowest BCUT2D eigenvalue weighted by atomic mass is 9.66. The van der Waals surface area contributed by atoms with Crippen molar-refractivity contribution in [3.63, 3.8) is 0 Å². The van der Waals surface area contributed by atoms with Crippen molar-refractivity contribution in [2.75, 3.05) is 20.3 Å². The fraction of sp³-hybridized carbons (Fsp3) is 0.480. The molecule has 0 spiro atoms. The van der Waals surface area contributed by atoms with Crippen LogP contribution in [0.15, 0.2) is 42.5 Å². The lowest BCUT2D eigenvalue weighted by Crippen LogP contribution is -2.56. The van der Waals surface area contributed by atoms with Gasteiger partial charge in [0.1, 0.15) is 5.75 Å². The monoisotopic (exact) mass is 425 g/mol. The number of ether oxygens (including phenoxy) is 2. The maximum Gasteiger partial charge on any atom is 0.258 e. The highest BCUT2D eigenvalue weighted by Gasteiger charge is 2.50. The van der Waals surface area contributed by atoms with E-state index in [9.17, 15) is 15.0 Å². The van der Waals surface area contributed by atoms with Gasteiger partial charge >= 0.3 is 0 Å². The van der Waals surface area contributed by atoms with E-state index in [1.165, 1.54) is 0 Å². The number of phenolic OH excluding ortho intramolecular Hbond substituents is 1. The van der Waals surface area contributed by atoms with E-state index in [4.69, 9.17) is 9.47 Å². The molecule has 3 atom stereocenters. The Bertz CT molecular complexity index is 945. The minimum Gasteiger partial charge on any atom is -0.504 e. The number of aromatic hydroxyl groups is 1. The lowest BCUT2D eigenvalue weighted by molar-refractivity contribution is -0.115. The first kappa shape index (κ1) is 21.5. The fourth-order valence-corrected chi connectivity index (χ4v) is 5.28. The van der Waals surface area contributed by atoms with Gasteiger partial charge in [-0.1, -0.05) is 31.0 Å². The molecule has 166 valence electrons. The number of piperidine rings is 1. The third-order valence-electron chi connectivity index (χ3n) is 6.79. The maximum absolute atomic E-state index is 13.7. The molecule has 2 fully saturated rings. The summed E-state index contributed by atoms with van der Waals surface area (Å²) in [5.41, 5.74) is 0.596. The average molecular weight is 426 g/mol. The van der Waals surface area contributed by atoms with Gasteiger partial charge in [0.25, 0.3) is 5.91 Å². The number of likely N-dealkylation sites (tertiary alicyclic amines) is 1. The molecule has 0 bridgehead atoms. The highest BCUT2D eigenvalue weighted by molar-refractivity contribution is 5.97. The molecule has 1 aliphatic heterocycles. The van der Waals surface area contributed by atoms with Crippen LogP contribution >= 0.6 is 0 Å². The van der Waals surface area contributed by atoms with E-state index < -0.39 is 5.60 Å². The minimum absolute atomic E-state index is 0.0721. The number of methoxy groups -OCH3 is 1. The third kappa shape index (κ3) is 3.97. The van der Waals surface area contributed by atoms with Gasteiger partial charge in [0, 0.05) is 12.5 Å². The smallest absolute Gasteiger partial charge is 0.258 e. The van der Waals surface area contributed by atoms with Crippen molar-refractivity contribution >= 4 is 5.91 Å². The first-order valence-corrected chi connectivity index (χ1v) is 11.1. The van der Waals surface area contributed by atoms with Crippen molar-refractivity contribution in [2.45, 2.75) is 50.7 Å². The van der Waals surface area contributed by atoms with Gasteiger partial charge in [-0.05, 0) is 56.0 Å². The summed E-state index contributed by atoms with van der Waals surface area (Å²) >= 11 is 0. The van der Waals surface area contributed by atoms with E-state index >= 15 is 0 Å². The molecule has 6 heteroatoms. The van der Waals surface area contributed by atoms with Gasteiger partial charge in [-0.3, -0.25) is 4.79 Å². The summed E-state index contributed by atoms with van der Waals surface area (Å²) in [7, 11) is 1.56. The Labute approximate surface area is 183 Å². The molecule has 2 N–H and O–H groups in total. The first-order valence-electron chi connectivity index (χ1n) is 11.1. The van der Waals surface area contributed by atoms with Crippen LogP contribution in [0, 0.1) is 5.92 Å². The zero-order chi connectivity index (χ0) is 22.0. The largest absolute Gasteiger partial charge is 0.504 e. The van der Waals surface area contributed by atoms with E-state index in [-0.39, 0.29) is 23.6 Å². The number of fused-ring (bicyclic) bond motifs is 1. The number of hydrogen-bond donors (Lipinski definition) is 2. The van der Waals surface area contributed by atoms with Crippen LogP contribution < -0.4 is 9.47 Å². The number of nitrogens with zero attached hydrogens (tertiary/aromatic N) is 1. The molecule has 0 unspecified atom stereocenters. The number of benzene rings is 2. The van der Waals surface area contributed by atoms with Crippen LogP contribution in [0.4, 0.5) is 0 Å². The zero-order valence-electron chi connectivity index (χ0n) is 18.2. The SMILES string of the molecule is CCOc1cc([C@H]2[C@@H]3CCCC[C@]3(O)CCN2C(=O)c2ccccc2OC)ccc1O. The van der Waals surface area contributed by atoms with Gasteiger partial charge < -0.3 is 24.6 Å². The number of phenols is 1. The molecule has 4 rings (SSSR count). The Kier molecular flexibility index (Phi) is 6.10. The molecular formula is C25H31NO5. The normalized spacial score (nSPS) is 25.6. The van der Waals surface area contributed by atoms with Crippen molar-refractivity contribution in [1.82, 2.24) is 4.90 Å². The summed E-state index contributed by atoms with van der Waals surface area (Å²) in [5.74, 6) is 0.822. The molecule has 31 heavy (non-hydrogen) atoms. The second-order valence-electron chi connectivity index (χ2n) is 8.51. The molecule has 1 saturated carbocycles. The summed E-state index contributed by atoms with van der Waals surface area (Å²) in [6, 6.07) is 12.2. The Morgan fingerprint density at radius 3 is 2.74 bits per heavy atom. The number of carbonyl (C=O) groups excluding carboxylic acids is 1. The third-order valence-corrected chi connectivity index (χ3v) is 6.79. The van der Waals surface area contributed by atoms with Gasteiger partial charge in [0.15, 0.2) is 11.5 Å². The van der Waals surface area contributed by atoms with Crippen LogP contribution in [0.1, 0.15) is 61.0 Å². The number of rotatable bonds is 5. The van der Waals surface area contributed by atoms with E-state index in [0.717, 1.165) is 31.2 Å². The maximum atomic E-state index is 13.7. The zero-order valence-corrected chi connectivity index (χ0v) is 18.2. The summed E-state index contributed by atoms with van der Waals surface area (Å²) in [6.07, 6.45) is 4.19. The second-order valence-corrected chi connectivity index (χ2v) is 8.51. The molecule has 6 nitrogen and oxygen atoms in total. The predicted molar refractivity (Wildman–Crippen MR) is 118 cm³/mol. The van der Waals surface area contributed by atoms with Gasteiger partial charge in [0.2, 0.25) is 0 Å². The number of amides is 1. The number of hydrogen-bond acceptors (Lipinski definition) is 5. The van der Waals surface area contributed by atoms with E-state index in [2.05, 4.69) is 0 Å². The molecular weight excluding hydrogens is 394 g/mol. The van der Waals surface area contributed by atoms with E-state index in [1.807, 2.05) is 36.1 Å². The predicted octanol–water partition coefficient (Wildman–Crippen LogP) is 4.31. The van der Waals surface area contributed by atoms with Crippen LogP contribution in [0.5, 0.6) is 17.2 Å². The number of para-hydroxylation sites is 1. The number of aliphatic hydroxyl groups is 1. The van der Waals surface area contributed by atoms with Gasteiger partial charge in [-0.2, -0.15) is 0 Å². The van der Waals surface area contributed by atoms with Crippen molar-refractivity contribution in [1.29, 1.82) is 0 Å². The van der Waals surface area contributed by atoms with Crippen molar-refractivity contribution in [2.24, 2.45) is 5.92 Å². The number of carbonyl (C=O) groups is 1. The second kappa shape index (κ2) is 8.79. The quantitative estimate of drug-likeness (QED) is 0.746. The van der Waals surface area contributed by atoms with Crippen LogP contribution in [0.3, 0.4) is 0 Å². The Morgan fingerprint density at radius 1 is 1.16 bits per heavy atom. The Hall–Kier alpha value is -2.73. The van der Waals surface area contributed by atoms with Gasteiger partial charge in [0.05, 0.1) is 30.9 Å². The summed E-state index contributed by atoms with van der Waals surface area (Å²) in [5, 5.41) is 21.7. The van der Waals surface area contributed by atoms with Crippen LogP contribution in [-0.4, -0.2) is 46.9 Å². The minimum atomic E-state index is -0.788. The highest BCUT2D eigenvalue weighted by atomic mass is 16.5. The molecule has 1 heterocycles. The summed E-state index contributed by atoms with van der Waals surface area (Å²) in [4.78, 5) is 15.6. The fourth-order valence-electron chi connectivity index (χ4n) is 5.28. The van der Waals surface area contributed by atoms with E-state index in [0.29, 0.717) is 36.6 Å². The van der Waals surface area contributed by atoms with Crippen molar-refractivity contribution in [3.8, 4) is 17.2 Å². The molecule has 1 amide bonds. The average Bonchev–Trinajstić information content (AvgIpc) is 2.79. The molecule has 2 aromatic carbocycles. The highest BCUT2D eigenvalue weighted by Crippen LogP contribution is 2.50. The van der Waals surface area contributed by atoms with Crippen LogP contribution in [0.2, 0.25) is 0 Å². The Balaban J connectivity index is 1.79. The van der Waals surface area contributed by atoms with Crippen LogP contribution in [0.25, 0.3) is 0 Å². The van der Waals surface area contributed by atoms with Gasteiger partial charge in [-0.25, -0.2) is 0 Å². The van der Waals surface area contributed by atoms with Crippen molar-refractivity contribution in [3.05, 3.63) is 53.6 Å². The van der Waals surface area contributed by atoms with E-state index in [1.54, 1.807) is 25.3 Å². The van der Waals surface area contributed by atoms with Crippen LogP contribution in [-0.2, 0) is 0 Å². The molecule has 2 aromatic rings. The first-order chi connectivity index (χ1) is 15.0. The summed E-state index contributed by atoms with van der Waals surface area (Å²) in [6.45, 7) is 2.75. The molecule has 0 radical (unpaired) electrons. The van der Waals surface area contributed by atoms with Gasteiger partial charge in [-0.15, -0.1) is 0 Å². The molecule has 2 aliphatic rings. The lowest BCUT2D eigenvalue weighted by Gasteiger charge is -2.52. The summed E-state index contributed by atoms with van der Waals surface area (Å²) < 4.78 is 11.1. The molecule has 1 aliphatic carbocycles. The molecule has 1 saturated heterocycles. The molecule has 0 aromatic heterocycles. The Morgan fingerprint density at radius 2 is 1.97 bits per heavy atom. The van der Waals surface area contributed by atoms with Crippen molar-refractivity contribution < 1.29 is 24.5 Å². The topological polar surface area (TPSA) is 79.2 Å².